The average Bonchev–Trinajstić information content (AvgIpc) is 3.31. The van der Waals surface area contributed by atoms with E-state index in [4.69, 9.17) is 9.15 Å². The summed E-state index contributed by atoms with van der Waals surface area (Å²) in [5.74, 6) is 0.0629. The topological polar surface area (TPSA) is 85.5 Å². The Kier molecular flexibility index (Phi) is 6.52. The molecule has 1 aromatic heterocycles. The van der Waals surface area contributed by atoms with Crippen LogP contribution in [0.25, 0.3) is 17.5 Å². The molecular formula is C24H23N3O4. The molecule has 2 aromatic carbocycles. The van der Waals surface area contributed by atoms with Gasteiger partial charge in [0, 0.05) is 24.7 Å². The number of carbonyl (C=O) groups excluding carboxylic acids is 2. The SMILES string of the molecule is O=C(OCc1nnc(-c2ccccc2)o1)C1CCN(C(=O)/C=C/c2ccccc2)CC1. The number of hydrogen-bond donors (Lipinski definition) is 0. The van der Waals surface area contributed by atoms with Crippen molar-refractivity contribution in [3.05, 3.63) is 78.2 Å². The van der Waals surface area contributed by atoms with Crippen molar-refractivity contribution >= 4 is 18.0 Å². The largest absolute Gasteiger partial charge is 0.455 e. The molecule has 0 bridgehead atoms. The van der Waals surface area contributed by atoms with E-state index in [1.165, 1.54) is 0 Å². The van der Waals surface area contributed by atoms with E-state index in [1.807, 2.05) is 60.7 Å². The summed E-state index contributed by atoms with van der Waals surface area (Å²) in [6.07, 6.45) is 4.52. The Balaban J connectivity index is 1.23. The molecule has 0 aliphatic carbocycles. The Morgan fingerprint density at radius 3 is 2.39 bits per heavy atom. The number of rotatable bonds is 6. The molecule has 31 heavy (non-hydrogen) atoms. The molecule has 7 heteroatoms. The fourth-order valence-corrected chi connectivity index (χ4v) is 3.43. The Labute approximate surface area is 180 Å². The number of piperidine rings is 1. The summed E-state index contributed by atoms with van der Waals surface area (Å²) in [5.41, 5.74) is 1.79. The summed E-state index contributed by atoms with van der Waals surface area (Å²) in [7, 11) is 0. The number of benzene rings is 2. The van der Waals surface area contributed by atoms with Crippen LogP contribution in [0.15, 0.2) is 71.2 Å². The van der Waals surface area contributed by atoms with E-state index in [-0.39, 0.29) is 30.3 Å². The number of ether oxygens (including phenoxy) is 1. The van der Waals surface area contributed by atoms with E-state index in [9.17, 15) is 9.59 Å². The molecular weight excluding hydrogens is 394 g/mol. The van der Waals surface area contributed by atoms with Gasteiger partial charge < -0.3 is 14.1 Å². The van der Waals surface area contributed by atoms with Crippen molar-refractivity contribution in [1.82, 2.24) is 15.1 Å². The molecule has 1 fully saturated rings. The van der Waals surface area contributed by atoms with Crippen molar-refractivity contribution in [2.24, 2.45) is 5.92 Å². The lowest BCUT2D eigenvalue weighted by Gasteiger charge is -2.30. The predicted molar refractivity (Wildman–Crippen MR) is 114 cm³/mol. The third-order valence-corrected chi connectivity index (χ3v) is 5.18. The molecule has 0 atom stereocenters. The maximum Gasteiger partial charge on any atom is 0.309 e. The average molecular weight is 417 g/mol. The number of esters is 1. The van der Waals surface area contributed by atoms with Gasteiger partial charge in [-0.1, -0.05) is 48.5 Å². The number of hydrogen-bond acceptors (Lipinski definition) is 6. The number of amides is 1. The normalized spacial score (nSPS) is 14.6. The zero-order valence-electron chi connectivity index (χ0n) is 17.0. The lowest BCUT2D eigenvalue weighted by molar-refractivity contribution is -0.153. The molecule has 2 heterocycles. The highest BCUT2D eigenvalue weighted by molar-refractivity contribution is 5.92. The third-order valence-electron chi connectivity index (χ3n) is 5.18. The summed E-state index contributed by atoms with van der Waals surface area (Å²) in [6, 6.07) is 19.1. The van der Waals surface area contributed by atoms with E-state index in [2.05, 4.69) is 10.2 Å². The monoisotopic (exact) mass is 417 g/mol. The van der Waals surface area contributed by atoms with E-state index in [0.29, 0.717) is 31.8 Å². The van der Waals surface area contributed by atoms with Crippen molar-refractivity contribution in [1.29, 1.82) is 0 Å². The van der Waals surface area contributed by atoms with Crippen LogP contribution in [0.4, 0.5) is 0 Å². The molecule has 0 N–H and O–H groups in total. The van der Waals surface area contributed by atoms with Crippen molar-refractivity contribution in [3.8, 4) is 11.5 Å². The zero-order chi connectivity index (χ0) is 21.5. The van der Waals surface area contributed by atoms with Crippen molar-refractivity contribution in [3.63, 3.8) is 0 Å². The summed E-state index contributed by atoms with van der Waals surface area (Å²) >= 11 is 0. The standard InChI is InChI=1S/C24H23N3O4/c28-22(12-11-18-7-3-1-4-8-18)27-15-13-20(14-16-27)24(29)30-17-21-25-26-23(31-21)19-9-5-2-6-10-19/h1-12,20H,13-17H2/b12-11+. The number of nitrogens with zero attached hydrogens (tertiary/aromatic N) is 3. The van der Waals surface area contributed by atoms with Gasteiger partial charge >= 0.3 is 5.97 Å². The van der Waals surface area contributed by atoms with Gasteiger partial charge in [-0.05, 0) is 36.6 Å². The molecule has 158 valence electrons. The molecule has 1 aliphatic heterocycles. The van der Waals surface area contributed by atoms with Crippen LogP contribution in [0.3, 0.4) is 0 Å². The van der Waals surface area contributed by atoms with Gasteiger partial charge in [0.2, 0.25) is 11.8 Å². The highest BCUT2D eigenvalue weighted by Gasteiger charge is 2.28. The van der Waals surface area contributed by atoms with Gasteiger partial charge in [-0.25, -0.2) is 0 Å². The zero-order valence-corrected chi connectivity index (χ0v) is 17.0. The van der Waals surface area contributed by atoms with E-state index in [1.54, 1.807) is 17.1 Å². The van der Waals surface area contributed by atoms with Crippen molar-refractivity contribution in [2.75, 3.05) is 13.1 Å². The quantitative estimate of drug-likeness (QED) is 0.449. The minimum absolute atomic E-state index is 0.0463. The second kappa shape index (κ2) is 9.84. The highest BCUT2D eigenvalue weighted by atomic mass is 16.5. The molecule has 0 saturated carbocycles. The summed E-state index contributed by atoms with van der Waals surface area (Å²) < 4.78 is 10.9. The maximum absolute atomic E-state index is 12.4. The first-order valence-electron chi connectivity index (χ1n) is 10.3. The molecule has 4 rings (SSSR count). The van der Waals surface area contributed by atoms with Crippen LogP contribution < -0.4 is 0 Å². The predicted octanol–water partition coefficient (Wildman–Crippen LogP) is 3.73. The van der Waals surface area contributed by atoms with Gasteiger partial charge in [0.1, 0.15) is 0 Å². The Hall–Kier alpha value is -3.74. The van der Waals surface area contributed by atoms with Crippen molar-refractivity contribution < 1.29 is 18.7 Å². The van der Waals surface area contributed by atoms with Crippen LogP contribution in [0.2, 0.25) is 0 Å². The van der Waals surface area contributed by atoms with Gasteiger partial charge in [0.05, 0.1) is 5.92 Å². The van der Waals surface area contributed by atoms with Crippen LogP contribution in [0.1, 0.15) is 24.3 Å². The first kappa shape index (κ1) is 20.5. The second-order valence-corrected chi connectivity index (χ2v) is 7.32. The van der Waals surface area contributed by atoms with E-state index in [0.717, 1.165) is 11.1 Å². The van der Waals surface area contributed by atoms with Crippen molar-refractivity contribution in [2.45, 2.75) is 19.4 Å². The van der Waals surface area contributed by atoms with E-state index >= 15 is 0 Å². The number of carbonyl (C=O) groups is 2. The smallest absolute Gasteiger partial charge is 0.309 e. The third kappa shape index (κ3) is 5.45. The molecule has 0 unspecified atom stereocenters. The van der Waals surface area contributed by atoms with Crippen LogP contribution in [0.5, 0.6) is 0 Å². The van der Waals surface area contributed by atoms with Gasteiger partial charge in [-0.15, -0.1) is 10.2 Å². The number of likely N-dealkylation sites (tertiary alicyclic amines) is 1. The van der Waals surface area contributed by atoms with Gasteiger partial charge in [-0.3, -0.25) is 9.59 Å². The minimum Gasteiger partial charge on any atom is -0.455 e. The maximum atomic E-state index is 12.4. The lowest BCUT2D eigenvalue weighted by Crippen LogP contribution is -2.39. The molecule has 7 nitrogen and oxygen atoms in total. The van der Waals surface area contributed by atoms with Crippen LogP contribution in [-0.2, 0) is 20.9 Å². The fraction of sp³-hybridized carbons (Fsp3) is 0.250. The molecule has 1 amide bonds. The van der Waals surface area contributed by atoms with Crippen LogP contribution >= 0.6 is 0 Å². The molecule has 0 spiro atoms. The Morgan fingerprint density at radius 2 is 1.68 bits per heavy atom. The first-order valence-corrected chi connectivity index (χ1v) is 10.3. The number of aromatic nitrogens is 2. The molecule has 1 aliphatic rings. The second-order valence-electron chi connectivity index (χ2n) is 7.32. The first-order chi connectivity index (χ1) is 15.2. The van der Waals surface area contributed by atoms with Crippen LogP contribution in [-0.4, -0.2) is 40.1 Å². The lowest BCUT2D eigenvalue weighted by atomic mass is 9.97. The summed E-state index contributed by atoms with van der Waals surface area (Å²) in [4.78, 5) is 26.5. The molecule has 3 aromatic rings. The molecule has 0 radical (unpaired) electrons. The summed E-state index contributed by atoms with van der Waals surface area (Å²) in [6.45, 7) is 0.991. The Morgan fingerprint density at radius 1 is 1.00 bits per heavy atom. The van der Waals surface area contributed by atoms with Gasteiger partial charge in [0.15, 0.2) is 6.61 Å². The van der Waals surface area contributed by atoms with E-state index < -0.39 is 0 Å². The fourth-order valence-electron chi connectivity index (χ4n) is 3.43. The molecule has 1 saturated heterocycles. The van der Waals surface area contributed by atoms with Gasteiger partial charge in [0.25, 0.3) is 5.89 Å². The van der Waals surface area contributed by atoms with Gasteiger partial charge in [-0.2, -0.15) is 0 Å². The Bertz CT molecular complexity index is 1040. The summed E-state index contributed by atoms with van der Waals surface area (Å²) in [5, 5.41) is 7.92. The van der Waals surface area contributed by atoms with Crippen LogP contribution in [0, 0.1) is 5.92 Å². The highest BCUT2D eigenvalue weighted by Crippen LogP contribution is 2.21. The minimum atomic E-state index is -0.300.